The molecule has 2 rings (SSSR count). The number of carboxylic acid groups (broad SMARTS) is 1. The number of nitrogens with zero attached hydrogens (tertiary/aromatic N) is 1. The number of hydrogen-bond acceptors (Lipinski definition) is 4. The standard InChI is InChI=1S/C15H25N3O4S/c1-9(14(20)21)7-18(2)12(19)6-4-3-5-11-13-10(8-23-11)16-15(22)17-13/h9-11,13H,3-8H2,1-2H3,(H,20,21)(H2,16,17,22)/t9?,10-,11-,13-/m0/s1. The van der Waals surface area contributed by atoms with Crippen LogP contribution in [0.5, 0.6) is 0 Å². The maximum absolute atomic E-state index is 12.0. The van der Waals surface area contributed by atoms with E-state index in [4.69, 9.17) is 5.11 Å². The molecular weight excluding hydrogens is 318 g/mol. The molecule has 0 aromatic rings. The second-order valence-corrected chi connectivity index (χ2v) is 7.65. The molecule has 0 bridgehead atoms. The Morgan fingerprint density at radius 3 is 2.83 bits per heavy atom. The molecule has 0 aliphatic carbocycles. The first-order valence-electron chi connectivity index (χ1n) is 8.04. The number of carboxylic acids is 1. The van der Waals surface area contributed by atoms with Gasteiger partial charge in [0.05, 0.1) is 18.0 Å². The predicted octanol–water partition coefficient (Wildman–Crippen LogP) is 0.891. The second kappa shape index (κ2) is 7.90. The molecule has 0 spiro atoms. The fourth-order valence-corrected chi connectivity index (χ4v) is 4.59. The molecule has 23 heavy (non-hydrogen) atoms. The van der Waals surface area contributed by atoms with Gasteiger partial charge in [-0.15, -0.1) is 0 Å². The van der Waals surface area contributed by atoms with Crippen molar-refractivity contribution in [2.24, 2.45) is 5.92 Å². The molecular formula is C15H25N3O4S. The minimum atomic E-state index is -0.885. The van der Waals surface area contributed by atoms with Crippen LogP contribution in [-0.4, -0.2) is 64.6 Å². The van der Waals surface area contributed by atoms with Crippen molar-refractivity contribution in [3.63, 3.8) is 0 Å². The van der Waals surface area contributed by atoms with E-state index in [1.807, 2.05) is 11.8 Å². The number of rotatable bonds is 8. The van der Waals surface area contributed by atoms with E-state index in [1.54, 1.807) is 14.0 Å². The lowest BCUT2D eigenvalue weighted by Crippen LogP contribution is -2.36. The summed E-state index contributed by atoms with van der Waals surface area (Å²) in [4.78, 5) is 35.6. The van der Waals surface area contributed by atoms with Gasteiger partial charge < -0.3 is 20.6 Å². The molecule has 2 aliphatic rings. The molecule has 3 amide bonds. The molecule has 0 aromatic heterocycles. The van der Waals surface area contributed by atoms with Crippen LogP contribution in [0.25, 0.3) is 0 Å². The maximum Gasteiger partial charge on any atom is 0.315 e. The van der Waals surface area contributed by atoms with Crippen molar-refractivity contribution in [1.82, 2.24) is 15.5 Å². The minimum Gasteiger partial charge on any atom is -0.481 e. The lowest BCUT2D eigenvalue weighted by atomic mass is 10.0. The third-order valence-electron chi connectivity index (χ3n) is 4.46. The zero-order valence-corrected chi connectivity index (χ0v) is 14.4. The van der Waals surface area contributed by atoms with Gasteiger partial charge >= 0.3 is 12.0 Å². The molecule has 3 N–H and O–H groups in total. The predicted molar refractivity (Wildman–Crippen MR) is 88.4 cm³/mol. The first kappa shape index (κ1) is 17.9. The number of unbranched alkanes of at least 4 members (excludes halogenated alkanes) is 1. The Balaban J connectivity index is 1.62. The number of hydrogen-bond donors (Lipinski definition) is 3. The van der Waals surface area contributed by atoms with Gasteiger partial charge in [0.2, 0.25) is 5.91 Å². The van der Waals surface area contributed by atoms with Crippen molar-refractivity contribution < 1.29 is 19.5 Å². The smallest absolute Gasteiger partial charge is 0.315 e. The van der Waals surface area contributed by atoms with Crippen molar-refractivity contribution in [1.29, 1.82) is 0 Å². The average Bonchev–Trinajstić information content (AvgIpc) is 3.02. The van der Waals surface area contributed by atoms with Gasteiger partial charge in [0.25, 0.3) is 0 Å². The first-order chi connectivity index (χ1) is 10.9. The van der Waals surface area contributed by atoms with Crippen LogP contribution in [0.15, 0.2) is 0 Å². The van der Waals surface area contributed by atoms with Crippen molar-refractivity contribution in [2.75, 3.05) is 19.3 Å². The molecule has 2 heterocycles. The summed E-state index contributed by atoms with van der Waals surface area (Å²) in [5.74, 6) is -0.493. The van der Waals surface area contributed by atoms with Gasteiger partial charge in [-0.25, -0.2) is 4.79 Å². The Kier molecular flexibility index (Phi) is 6.15. The molecule has 2 saturated heterocycles. The summed E-state index contributed by atoms with van der Waals surface area (Å²) in [5.41, 5.74) is 0. The van der Waals surface area contributed by atoms with Crippen molar-refractivity contribution in [2.45, 2.75) is 49.9 Å². The molecule has 4 atom stereocenters. The lowest BCUT2D eigenvalue weighted by Gasteiger charge is -2.20. The number of urea groups is 1. The lowest BCUT2D eigenvalue weighted by molar-refractivity contribution is -0.142. The normalized spacial score (nSPS) is 27.0. The van der Waals surface area contributed by atoms with Gasteiger partial charge in [-0.2, -0.15) is 11.8 Å². The molecule has 2 aliphatic heterocycles. The van der Waals surface area contributed by atoms with E-state index in [0.717, 1.165) is 25.0 Å². The molecule has 0 aromatic carbocycles. The fourth-order valence-electron chi connectivity index (χ4n) is 3.05. The summed E-state index contributed by atoms with van der Waals surface area (Å²) in [7, 11) is 1.65. The summed E-state index contributed by atoms with van der Waals surface area (Å²) in [6.45, 7) is 1.85. The Hall–Kier alpha value is -1.44. The molecule has 0 saturated carbocycles. The zero-order valence-electron chi connectivity index (χ0n) is 13.6. The fraction of sp³-hybridized carbons (Fsp3) is 0.800. The quantitative estimate of drug-likeness (QED) is 0.449. The topological polar surface area (TPSA) is 98.7 Å². The molecule has 130 valence electrons. The Bertz CT molecular complexity index is 474. The number of aliphatic carboxylic acids is 1. The minimum absolute atomic E-state index is 0.00844. The Morgan fingerprint density at radius 2 is 2.13 bits per heavy atom. The summed E-state index contributed by atoms with van der Waals surface area (Å²) >= 11 is 1.88. The van der Waals surface area contributed by atoms with Gasteiger partial charge in [-0.1, -0.05) is 13.3 Å². The summed E-state index contributed by atoms with van der Waals surface area (Å²) < 4.78 is 0. The van der Waals surface area contributed by atoms with Gasteiger partial charge in [0.1, 0.15) is 0 Å². The van der Waals surface area contributed by atoms with E-state index < -0.39 is 11.9 Å². The summed E-state index contributed by atoms with van der Waals surface area (Å²) in [6.07, 6.45) is 3.15. The molecule has 2 fully saturated rings. The average molecular weight is 343 g/mol. The van der Waals surface area contributed by atoms with Crippen LogP contribution >= 0.6 is 11.8 Å². The van der Waals surface area contributed by atoms with Gasteiger partial charge in [-0.3, -0.25) is 9.59 Å². The van der Waals surface area contributed by atoms with E-state index in [1.165, 1.54) is 4.90 Å². The van der Waals surface area contributed by atoms with Gasteiger partial charge in [0.15, 0.2) is 0 Å². The highest BCUT2D eigenvalue weighted by Crippen LogP contribution is 2.33. The van der Waals surface area contributed by atoms with E-state index in [9.17, 15) is 14.4 Å². The van der Waals surface area contributed by atoms with Crippen molar-refractivity contribution in [3.8, 4) is 0 Å². The number of amides is 3. The van der Waals surface area contributed by atoms with E-state index in [-0.39, 0.29) is 30.6 Å². The number of carbonyl (C=O) groups is 3. The van der Waals surface area contributed by atoms with Gasteiger partial charge in [0, 0.05) is 31.0 Å². The number of nitrogens with one attached hydrogen (secondary N) is 2. The van der Waals surface area contributed by atoms with E-state index >= 15 is 0 Å². The highest BCUT2D eigenvalue weighted by Gasteiger charge is 2.42. The Labute approximate surface area is 140 Å². The van der Waals surface area contributed by atoms with E-state index in [2.05, 4.69) is 10.6 Å². The maximum atomic E-state index is 12.0. The van der Waals surface area contributed by atoms with Crippen LogP contribution in [-0.2, 0) is 9.59 Å². The van der Waals surface area contributed by atoms with Crippen LogP contribution in [0.2, 0.25) is 0 Å². The highest BCUT2D eigenvalue weighted by molar-refractivity contribution is 8.00. The molecule has 7 nitrogen and oxygen atoms in total. The third kappa shape index (κ3) is 4.76. The largest absolute Gasteiger partial charge is 0.481 e. The van der Waals surface area contributed by atoms with Crippen molar-refractivity contribution >= 4 is 29.7 Å². The van der Waals surface area contributed by atoms with Gasteiger partial charge in [-0.05, 0) is 12.8 Å². The SMILES string of the molecule is CC(CN(C)C(=O)CCCC[C@@H]1SC[C@@H]2NC(=O)N[C@@H]21)C(=O)O. The monoisotopic (exact) mass is 343 g/mol. The molecule has 8 heteroatoms. The second-order valence-electron chi connectivity index (χ2n) is 6.38. The van der Waals surface area contributed by atoms with Crippen LogP contribution < -0.4 is 10.6 Å². The molecule has 1 unspecified atom stereocenters. The number of fused-ring (bicyclic) bond motifs is 1. The third-order valence-corrected chi connectivity index (χ3v) is 5.97. The Morgan fingerprint density at radius 1 is 1.39 bits per heavy atom. The zero-order chi connectivity index (χ0) is 17.0. The molecule has 0 radical (unpaired) electrons. The number of carbonyl (C=O) groups excluding carboxylic acids is 2. The summed E-state index contributed by atoms with van der Waals surface area (Å²) in [6, 6.07) is 0.375. The van der Waals surface area contributed by atoms with Crippen LogP contribution in [0.3, 0.4) is 0 Å². The van der Waals surface area contributed by atoms with Crippen LogP contribution in [0.1, 0.15) is 32.6 Å². The van der Waals surface area contributed by atoms with E-state index in [0.29, 0.717) is 11.7 Å². The van der Waals surface area contributed by atoms with Crippen molar-refractivity contribution in [3.05, 3.63) is 0 Å². The number of thioether (sulfide) groups is 1. The first-order valence-corrected chi connectivity index (χ1v) is 9.08. The van der Waals surface area contributed by atoms with Crippen LogP contribution in [0, 0.1) is 5.92 Å². The highest BCUT2D eigenvalue weighted by atomic mass is 32.2. The van der Waals surface area contributed by atoms with Crippen LogP contribution in [0.4, 0.5) is 4.79 Å². The summed E-state index contributed by atoms with van der Waals surface area (Å²) in [5, 5.41) is 15.2.